The monoisotopic (exact) mass is 269 g/mol. The summed E-state index contributed by atoms with van der Waals surface area (Å²) in [5.74, 6) is -0.986. The van der Waals surface area contributed by atoms with Gasteiger partial charge in [-0.3, -0.25) is 0 Å². The van der Waals surface area contributed by atoms with Crippen molar-refractivity contribution in [2.45, 2.75) is 13.0 Å². The van der Waals surface area contributed by atoms with Crippen LogP contribution in [-0.2, 0) is 17.8 Å². The van der Waals surface area contributed by atoms with Crippen LogP contribution in [0.15, 0.2) is 22.9 Å². The number of thiazole rings is 1. The zero-order valence-electron chi connectivity index (χ0n) is 8.96. The molecule has 90 valence electrons. The Morgan fingerprint density at radius 1 is 1.47 bits per heavy atom. The minimum absolute atomic E-state index is 0.113. The number of aromatic nitrogens is 1. The van der Waals surface area contributed by atoms with Gasteiger partial charge in [-0.15, -0.1) is 22.7 Å². The zero-order chi connectivity index (χ0) is 12.1. The number of nitrogens with zero attached hydrogens (tertiary/aromatic N) is 1. The SMILES string of the molecule is O=C(O)c1nc(COCCc2cccs2)cs1. The fourth-order valence-corrected chi connectivity index (χ4v) is 2.61. The molecular formula is C11H11NO3S2. The first kappa shape index (κ1) is 12.2. The molecule has 2 heterocycles. The van der Waals surface area contributed by atoms with Crippen LogP contribution in [0.2, 0.25) is 0 Å². The number of carbonyl (C=O) groups is 1. The van der Waals surface area contributed by atoms with Crippen molar-refractivity contribution in [3.63, 3.8) is 0 Å². The molecule has 2 aromatic heterocycles. The molecule has 0 bridgehead atoms. The lowest BCUT2D eigenvalue weighted by atomic mass is 10.4. The largest absolute Gasteiger partial charge is 0.476 e. The number of hydrogen-bond donors (Lipinski definition) is 1. The van der Waals surface area contributed by atoms with Crippen LogP contribution >= 0.6 is 22.7 Å². The first-order valence-electron chi connectivity index (χ1n) is 5.03. The molecule has 0 spiro atoms. The Labute approximate surface area is 107 Å². The van der Waals surface area contributed by atoms with E-state index in [9.17, 15) is 4.79 Å². The molecule has 0 aromatic carbocycles. The van der Waals surface area contributed by atoms with Crippen molar-refractivity contribution in [3.8, 4) is 0 Å². The average Bonchev–Trinajstić information content (AvgIpc) is 2.96. The number of thiophene rings is 1. The highest BCUT2D eigenvalue weighted by Crippen LogP contribution is 2.12. The lowest BCUT2D eigenvalue weighted by molar-refractivity contribution is 0.0695. The van der Waals surface area contributed by atoms with Crippen molar-refractivity contribution in [2.24, 2.45) is 0 Å². The second-order valence-corrected chi connectivity index (χ2v) is 5.22. The van der Waals surface area contributed by atoms with Gasteiger partial charge in [0, 0.05) is 16.7 Å². The number of carboxylic acids is 1. The molecule has 0 aliphatic rings. The summed E-state index contributed by atoms with van der Waals surface area (Å²) in [5, 5.41) is 12.6. The Morgan fingerprint density at radius 3 is 3.00 bits per heavy atom. The molecule has 6 heteroatoms. The summed E-state index contributed by atoms with van der Waals surface area (Å²) in [6, 6.07) is 4.08. The molecule has 0 saturated heterocycles. The van der Waals surface area contributed by atoms with Gasteiger partial charge in [-0.05, 0) is 11.4 Å². The third kappa shape index (κ3) is 3.62. The summed E-state index contributed by atoms with van der Waals surface area (Å²) >= 11 is 2.83. The van der Waals surface area contributed by atoms with Crippen LogP contribution in [0.5, 0.6) is 0 Å². The molecule has 2 rings (SSSR count). The highest BCUT2D eigenvalue weighted by atomic mass is 32.1. The van der Waals surface area contributed by atoms with Gasteiger partial charge in [0.2, 0.25) is 5.01 Å². The summed E-state index contributed by atoms with van der Waals surface area (Å²) in [4.78, 5) is 15.8. The number of rotatable bonds is 6. The summed E-state index contributed by atoms with van der Waals surface area (Å²) in [6.07, 6.45) is 0.883. The minimum Gasteiger partial charge on any atom is -0.476 e. The van der Waals surface area contributed by atoms with Crippen molar-refractivity contribution in [1.82, 2.24) is 4.98 Å². The summed E-state index contributed by atoms with van der Waals surface area (Å²) in [5.41, 5.74) is 0.679. The van der Waals surface area contributed by atoms with Crippen LogP contribution in [-0.4, -0.2) is 22.7 Å². The maximum Gasteiger partial charge on any atom is 0.365 e. The number of ether oxygens (including phenoxy) is 1. The van der Waals surface area contributed by atoms with E-state index in [0.29, 0.717) is 18.9 Å². The van der Waals surface area contributed by atoms with Crippen LogP contribution in [0.4, 0.5) is 0 Å². The molecule has 0 radical (unpaired) electrons. The Kier molecular flexibility index (Phi) is 4.24. The molecule has 4 nitrogen and oxygen atoms in total. The van der Waals surface area contributed by atoms with Crippen molar-refractivity contribution in [3.05, 3.63) is 38.5 Å². The number of hydrogen-bond acceptors (Lipinski definition) is 5. The van der Waals surface area contributed by atoms with E-state index in [2.05, 4.69) is 11.1 Å². The van der Waals surface area contributed by atoms with E-state index in [4.69, 9.17) is 9.84 Å². The second-order valence-electron chi connectivity index (χ2n) is 3.33. The van der Waals surface area contributed by atoms with E-state index >= 15 is 0 Å². The average molecular weight is 269 g/mol. The highest BCUT2D eigenvalue weighted by Gasteiger charge is 2.08. The van der Waals surface area contributed by atoms with E-state index < -0.39 is 5.97 Å². The molecule has 0 aliphatic heterocycles. The molecule has 0 amide bonds. The zero-order valence-corrected chi connectivity index (χ0v) is 10.6. The van der Waals surface area contributed by atoms with Gasteiger partial charge in [-0.2, -0.15) is 0 Å². The van der Waals surface area contributed by atoms with Crippen molar-refractivity contribution < 1.29 is 14.6 Å². The van der Waals surface area contributed by atoms with Crippen LogP contribution in [0.3, 0.4) is 0 Å². The molecule has 1 N–H and O–H groups in total. The molecule has 0 atom stereocenters. The van der Waals surface area contributed by atoms with E-state index in [0.717, 1.165) is 17.8 Å². The third-order valence-electron chi connectivity index (χ3n) is 2.06. The van der Waals surface area contributed by atoms with Gasteiger partial charge in [0.15, 0.2) is 0 Å². The van der Waals surface area contributed by atoms with Crippen LogP contribution in [0.25, 0.3) is 0 Å². The molecule has 0 fully saturated rings. The van der Waals surface area contributed by atoms with Crippen molar-refractivity contribution in [1.29, 1.82) is 0 Å². The molecule has 0 unspecified atom stereocenters. The fraction of sp³-hybridized carbons (Fsp3) is 0.273. The maximum atomic E-state index is 10.6. The Morgan fingerprint density at radius 2 is 2.35 bits per heavy atom. The normalized spacial score (nSPS) is 10.6. The first-order chi connectivity index (χ1) is 8.25. The minimum atomic E-state index is -0.986. The van der Waals surface area contributed by atoms with E-state index in [-0.39, 0.29) is 5.01 Å². The summed E-state index contributed by atoms with van der Waals surface area (Å²) < 4.78 is 5.44. The molecule has 2 aromatic rings. The van der Waals surface area contributed by atoms with Gasteiger partial charge in [0.1, 0.15) is 0 Å². The van der Waals surface area contributed by atoms with E-state index in [1.807, 2.05) is 11.4 Å². The highest BCUT2D eigenvalue weighted by molar-refractivity contribution is 7.11. The Balaban J connectivity index is 1.72. The van der Waals surface area contributed by atoms with Gasteiger partial charge in [-0.25, -0.2) is 9.78 Å². The first-order valence-corrected chi connectivity index (χ1v) is 6.79. The molecular weight excluding hydrogens is 258 g/mol. The van der Waals surface area contributed by atoms with E-state index in [1.54, 1.807) is 16.7 Å². The maximum absolute atomic E-state index is 10.6. The van der Waals surface area contributed by atoms with Crippen LogP contribution in [0.1, 0.15) is 20.4 Å². The van der Waals surface area contributed by atoms with Gasteiger partial charge in [0.05, 0.1) is 18.9 Å². The lowest BCUT2D eigenvalue weighted by Gasteiger charge is -2.00. The van der Waals surface area contributed by atoms with E-state index in [1.165, 1.54) is 4.88 Å². The van der Waals surface area contributed by atoms with Gasteiger partial charge in [0.25, 0.3) is 0 Å². The van der Waals surface area contributed by atoms with Gasteiger partial charge < -0.3 is 9.84 Å². The standard InChI is InChI=1S/C11H11NO3S2/c13-11(14)10-12-8(7-17-10)6-15-4-3-9-2-1-5-16-9/h1-2,5,7H,3-4,6H2,(H,13,14). The predicted molar refractivity (Wildman–Crippen MR) is 66.8 cm³/mol. The van der Waals surface area contributed by atoms with Crippen molar-refractivity contribution in [2.75, 3.05) is 6.61 Å². The number of carboxylic acid groups (broad SMARTS) is 1. The fourth-order valence-electron chi connectivity index (χ4n) is 1.28. The third-order valence-corrected chi connectivity index (χ3v) is 3.87. The molecule has 17 heavy (non-hydrogen) atoms. The molecule has 0 saturated carbocycles. The topological polar surface area (TPSA) is 59.4 Å². The van der Waals surface area contributed by atoms with Crippen LogP contribution < -0.4 is 0 Å². The smallest absolute Gasteiger partial charge is 0.365 e. The summed E-state index contributed by atoms with van der Waals surface area (Å²) in [7, 11) is 0. The Bertz CT molecular complexity index is 479. The quantitative estimate of drug-likeness (QED) is 0.819. The second kappa shape index (κ2) is 5.90. The van der Waals surface area contributed by atoms with Gasteiger partial charge in [-0.1, -0.05) is 6.07 Å². The lowest BCUT2D eigenvalue weighted by Crippen LogP contribution is -2.00. The Hall–Kier alpha value is -1.24. The number of aromatic carboxylic acids is 1. The van der Waals surface area contributed by atoms with Crippen molar-refractivity contribution >= 4 is 28.6 Å². The summed E-state index contributed by atoms with van der Waals surface area (Å²) in [6.45, 7) is 0.996. The van der Waals surface area contributed by atoms with Gasteiger partial charge >= 0.3 is 5.97 Å². The molecule has 0 aliphatic carbocycles. The predicted octanol–water partition coefficient (Wildman–Crippen LogP) is 2.66. The van der Waals surface area contributed by atoms with Crippen LogP contribution in [0, 0.1) is 0 Å².